The maximum absolute atomic E-state index is 12.4. The molecule has 0 aliphatic carbocycles. The van der Waals surface area contributed by atoms with Gasteiger partial charge in [-0.15, -0.1) is 0 Å². The van der Waals surface area contributed by atoms with Crippen molar-refractivity contribution in [2.45, 2.75) is 6.54 Å². The molecule has 3 aromatic rings. The summed E-state index contributed by atoms with van der Waals surface area (Å²) < 4.78 is 16.8. The van der Waals surface area contributed by atoms with E-state index in [0.29, 0.717) is 28.6 Å². The molecule has 0 spiro atoms. The molecule has 29 heavy (non-hydrogen) atoms. The molecule has 0 bridgehead atoms. The number of ether oxygens (including phenoxy) is 3. The lowest BCUT2D eigenvalue weighted by Crippen LogP contribution is -2.27. The van der Waals surface area contributed by atoms with Gasteiger partial charge in [-0.3, -0.25) is 14.2 Å². The number of amides is 1. The standard InChI is InChI=1S/C21H21N3O5/c1-27-15-6-4-14(5-7-15)18-11-21(26)24(13-22-18)12-20(25)23-17-9-8-16(28-2)10-19(17)29-3/h4-11,13H,12H2,1-3H3,(H,23,25). The van der Waals surface area contributed by atoms with E-state index in [-0.39, 0.29) is 18.0 Å². The first-order valence-corrected chi connectivity index (χ1v) is 8.77. The summed E-state index contributed by atoms with van der Waals surface area (Å²) in [5.41, 5.74) is 1.45. The van der Waals surface area contributed by atoms with Crippen molar-refractivity contribution in [3.05, 3.63) is 65.2 Å². The molecule has 1 N–H and O–H groups in total. The van der Waals surface area contributed by atoms with Gasteiger partial charge in [-0.1, -0.05) is 0 Å². The lowest BCUT2D eigenvalue weighted by molar-refractivity contribution is -0.116. The van der Waals surface area contributed by atoms with Gasteiger partial charge in [0.05, 0.1) is 39.0 Å². The van der Waals surface area contributed by atoms with Crippen molar-refractivity contribution in [2.24, 2.45) is 0 Å². The Labute approximate surface area is 167 Å². The third kappa shape index (κ3) is 4.73. The Kier molecular flexibility index (Phi) is 6.13. The van der Waals surface area contributed by atoms with E-state index >= 15 is 0 Å². The highest BCUT2D eigenvalue weighted by Crippen LogP contribution is 2.29. The van der Waals surface area contributed by atoms with E-state index in [9.17, 15) is 9.59 Å². The number of benzene rings is 2. The fraction of sp³-hybridized carbons (Fsp3) is 0.190. The predicted molar refractivity (Wildman–Crippen MR) is 109 cm³/mol. The maximum atomic E-state index is 12.4. The molecule has 150 valence electrons. The molecular weight excluding hydrogens is 374 g/mol. The molecule has 1 heterocycles. The van der Waals surface area contributed by atoms with E-state index in [1.165, 1.54) is 24.1 Å². The summed E-state index contributed by atoms with van der Waals surface area (Å²) in [6.07, 6.45) is 1.35. The van der Waals surface area contributed by atoms with Crippen LogP contribution in [0.3, 0.4) is 0 Å². The third-order valence-corrected chi connectivity index (χ3v) is 4.26. The van der Waals surface area contributed by atoms with Crippen LogP contribution < -0.4 is 25.1 Å². The fourth-order valence-corrected chi connectivity index (χ4v) is 2.71. The van der Waals surface area contributed by atoms with Crippen molar-refractivity contribution in [3.8, 4) is 28.5 Å². The molecule has 3 rings (SSSR count). The van der Waals surface area contributed by atoms with E-state index in [2.05, 4.69) is 10.3 Å². The van der Waals surface area contributed by atoms with Gasteiger partial charge in [0.2, 0.25) is 5.91 Å². The smallest absolute Gasteiger partial charge is 0.254 e. The molecule has 2 aromatic carbocycles. The number of methoxy groups -OCH3 is 3. The average Bonchev–Trinajstić information content (AvgIpc) is 2.75. The zero-order valence-corrected chi connectivity index (χ0v) is 16.3. The van der Waals surface area contributed by atoms with Crippen molar-refractivity contribution in [1.29, 1.82) is 0 Å². The molecule has 8 nitrogen and oxygen atoms in total. The Morgan fingerprint density at radius 3 is 2.28 bits per heavy atom. The summed E-state index contributed by atoms with van der Waals surface area (Å²) in [4.78, 5) is 29.1. The first kappa shape index (κ1) is 19.9. The van der Waals surface area contributed by atoms with Gasteiger partial charge >= 0.3 is 0 Å². The lowest BCUT2D eigenvalue weighted by atomic mass is 10.1. The molecule has 0 fully saturated rings. The van der Waals surface area contributed by atoms with Gasteiger partial charge in [0.25, 0.3) is 5.56 Å². The monoisotopic (exact) mass is 395 g/mol. The molecule has 0 saturated carbocycles. The van der Waals surface area contributed by atoms with Crippen LogP contribution in [-0.4, -0.2) is 36.8 Å². The fourth-order valence-electron chi connectivity index (χ4n) is 2.71. The number of carbonyl (C=O) groups is 1. The van der Waals surface area contributed by atoms with Gasteiger partial charge in [0, 0.05) is 17.7 Å². The average molecular weight is 395 g/mol. The molecule has 8 heteroatoms. The van der Waals surface area contributed by atoms with E-state index in [1.54, 1.807) is 44.6 Å². The van der Waals surface area contributed by atoms with Gasteiger partial charge in [0.1, 0.15) is 23.8 Å². The highest BCUT2D eigenvalue weighted by molar-refractivity contribution is 5.92. The summed E-state index contributed by atoms with van der Waals surface area (Å²) in [5.74, 6) is 1.40. The van der Waals surface area contributed by atoms with E-state index in [0.717, 1.165) is 5.56 Å². The molecule has 0 aliphatic heterocycles. The van der Waals surface area contributed by atoms with Crippen molar-refractivity contribution in [3.63, 3.8) is 0 Å². The second-order valence-corrected chi connectivity index (χ2v) is 6.08. The molecule has 0 aliphatic rings. The Balaban J connectivity index is 1.73. The number of nitrogens with one attached hydrogen (secondary N) is 1. The topological polar surface area (TPSA) is 91.7 Å². The summed E-state index contributed by atoms with van der Waals surface area (Å²) >= 11 is 0. The molecule has 1 aromatic heterocycles. The molecule has 0 unspecified atom stereocenters. The van der Waals surface area contributed by atoms with Crippen molar-refractivity contribution in [2.75, 3.05) is 26.6 Å². The second kappa shape index (κ2) is 8.92. The predicted octanol–water partition coefficient (Wildman–Crippen LogP) is 2.57. The van der Waals surface area contributed by atoms with Crippen LogP contribution in [0.15, 0.2) is 59.7 Å². The lowest BCUT2D eigenvalue weighted by Gasteiger charge is -2.12. The number of hydrogen-bond acceptors (Lipinski definition) is 6. The molecular formula is C21H21N3O5. The van der Waals surface area contributed by atoms with Crippen LogP contribution in [0, 0.1) is 0 Å². The van der Waals surface area contributed by atoms with Crippen LogP contribution >= 0.6 is 0 Å². The Bertz CT molecular complexity index is 1060. The minimum atomic E-state index is -0.380. The molecule has 1 amide bonds. The molecule has 0 radical (unpaired) electrons. The minimum Gasteiger partial charge on any atom is -0.497 e. The number of aromatic nitrogens is 2. The van der Waals surface area contributed by atoms with Crippen LogP contribution in [-0.2, 0) is 11.3 Å². The van der Waals surface area contributed by atoms with Gasteiger partial charge in [-0.25, -0.2) is 4.98 Å². The van der Waals surface area contributed by atoms with Crippen molar-refractivity contribution >= 4 is 11.6 Å². The van der Waals surface area contributed by atoms with Gasteiger partial charge in [-0.05, 0) is 36.4 Å². The quantitative estimate of drug-likeness (QED) is 0.661. The Hall–Kier alpha value is -3.81. The second-order valence-electron chi connectivity index (χ2n) is 6.08. The zero-order chi connectivity index (χ0) is 20.8. The van der Waals surface area contributed by atoms with E-state index < -0.39 is 0 Å². The first-order valence-electron chi connectivity index (χ1n) is 8.77. The van der Waals surface area contributed by atoms with E-state index in [4.69, 9.17) is 14.2 Å². The zero-order valence-electron chi connectivity index (χ0n) is 16.3. The largest absolute Gasteiger partial charge is 0.497 e. The number of rotatable bonds is 7. The SMILES string of the molecule is COc1ccc(-c2cc(=O)n(CC(=O)Nc3ccc(OC)cc3OC)cn2)cc1. The number of hydrogen-bond donors (Lipinski definition) is 1. The highest BCUT2D eigenvalue weighted by atomic mass is 16.5. The molecule has 0 atom stereocenters. The minimum absolute atomic E-state index is 0.177. The first-order chi connectivity index (χ1) is 14.0. The van der Waals surface area contributed by atoms with Gasteiger partial charge in [0.15, 0.2) is 0 Å². The van der Waals surface area contributed by atoms with Gasteiger partial charge in [-0.2, -0.15) is 0 Å². The van der Waals surface area contributed by atoms with E-state index in [1.807, 2.05) is 12.1 Å². The number of carbonyl (C=O) groups excluding carboxylic acids is 1. The third-order valence-electron chi connectivity index (χ3n) is 4.26. The normalized spacial score (nSPS) is 10.3. The van der Waals surface area contributed by atoms with Crippen molar-refractivity contribution < 1.29 is 19.0 Å². The summed E-state index contributed by atoms with van der Waals surface area (Å²) in [6, 6.07) is 13.6. The number of anilines is 1. The van der Waals surface area contributed by atoms with Gasteiger partial charge < -0.3 is 19.5 Å². The van der Waals surface area contributed by atoms with Crippen LogP contribution in [0.5, 0.6) is 17.2 Å². The van der Waals surface area contributed by atoms with Crippen LogP contribution in [0.2, 0.25) is 0 Å². The Morgan fingerprint density at radius 2 is 1.66 bits per heavy atom. The highest BCUT2D eigenvalue weighted by Gasteiger charge is 2.11. The Morgan fingerprint density at radius 1 is 0.966 bits per heavy atom. The summed E-state index contributed by atoms with van der Waals surface area (Å²) in [6.45, 7) is -0.177. The summed E-state index contributed by atoms with van der Waals surface area (Å²) in [7, 11) is 4.62. The molecule has 0 saturated heterocycles. The van der Waals surface area contributed by atoms with Crippen LogP contribution in [0.1, 0.15) is 0 Å². The summed E-state index contributed by atoms with van der Waals surface area (Å²) in [5, 5.41) is 2.73. The van der Waals surface area contributed by atoms with Crippen molar-refractivity contribution in [1.82, 2.24) is 9.55 Å². The maximum Gasteiger partial charge on any atom is 0.254 e. The number of nitrogens with zero attached hydrogens (tertiary/aromatic N) is 2. The van der Waals surface area contributed by atoms with Crippen LogP contribution in [0.25, 0.3) is 11.3 Å². The van der Waals surface area contributed by atoms with Crippen LogP contribution in [0.4, 0.5) is 5.69 Å².